The van der Waals surface area contributed by atoms with Crippen LogP contribution >= 0.6 is 0 Å². The van der Waals surface area contributed by atoms with Crippen molar-refractivity contribution in [3.8, 4) is 0 Å². The van der Waals surface area contributed by atoms with Crippen LogP contribution in [0, 0.1) is 0 Å². The average molecular weight is 243 g/mol. The first kappa shape index (κ1) is 13.8. The van der Waals surface area contributed by atoms with Crippen LogP contribution in [0.2, 0.25) is 0 Å². The Morgan fingerprint density at radius 3 is 2.53 bits per heavy atom. The van der Waals surface area contributed by atoms with Crippen LogP contribution < -0.4 is 11.1 Å². The minimum absolute atomic E-state index is 0.0281. The van der Waals surface area contributed by atoms with Crippen LogP contribution in [0.25, 0.3) is 0 Å². The summed E-state index contributed by atoms with van der Waals surface area (Å²) < 4.78 is 5.25. The number of likely N-dealkylation sites (tertiary alicyclic amines) is 1. The number of hydrogen-bond donors (Lipinski definition) is 2. The molecule has 98 valence electrons. The summed E-state index contributed by atoms with van der Waals surface area (Å²) in [7, 11) is 0. The van der Waals surface area contributed by atoms with Crippen LogP contribution in [0.15, 0.2) is 0 Å². The summed E-state index contributed by atoms with van der Waals surface area (Å²) >= 11 is 0. The van der Waals surface area contributed by atoms with Crippen molar-refractivity contribution < 1.29 is 14.3 Å². The van der Waals surface area contributed by atoms with Crippen LogP contribution in [0.5, 0.6) is 0 Å². The van der Waals surface area contributed by atoms with Crippen molar-refractivity contribution in [1.29, 1.82) is 0 Å². The highest BCUT2D eigenvalue weighted by Gasteiger charge is 2.35. The largest absolute Gasteiger partial charge is 0.444 e. The van der Waals surface area contributed by atoms with Gasteiger partial charge in [0.2, 0.25) is 5.91 Å². The van der Waals surface area contributed by atoms with Gasteiger partial charge in [-0.1, -0.05) is 0 Å². The number of hydrogen-bond acceptors (Lipinski definition) is 4. The maximum absolute atomic E-state index is 11.7. The van der Waals surface area contributed by atoms with E-state index in [2.05, 4.69) is 5.32 Å². The summed E-state index contributed by atoms with van der Waals surface area (Å²) in [6, 6.07) is 0.0281. The second-order valence-electron chi connectivity index (χ2n) is 5.12. The van der Waals surface area contributed by atoms with Gasteiger partial charge in [0.25, 0.3) is 0 Å². The molecule has 0 bridgehead atoms. The van der Waals surface area contributed by atoms with Gasteiger partial charge in [-0.05, 0) is 27.2 Å². The molecule has 1 heterocycles. The fourth-order valence-electron chi connectivity index (χ4n) is 1.52. The van der Waals surface area contributed by atoms with E-state index in [1.165, 1.54) is 0 Å². The minimum Gasteiger partial charge on any atom is -0.444 e. The second kappa shape index (κ2) is 5.35. The van der Waals surface area contributed by atoms with E-state index in [0.29, 0.717) is 13.1 Å². The van der Waals surface area contributed by atoms with Gasteiger partial charge in [-0.2, -0.15) is 0 Å². The summed E-state index contributed by atoms with van der Waals surface area (Å²) in [5, 5.41) is 2.67. The molecule has 1 saturated heterocycles. The quantitative estimate of drug-likeness (QED) is 0.734. The third kappa shape index (κ3) is 4.22. The lowest BCUT2D eigenvalue weighted by Crippen LogP contribution is -2.57. The summed E-state index contributed by atoms with van der Waals surface area (Å²) in [6.07, 6.45) is 0.556. The van der Waals surface area contributed by atoms with Crippen molar-refractivity contribution in [3.63, 3.8) is 0 Å². The fourth-order valence-corrected chi connectivity index (χ4v) is 1.52. The molecular formula is C11H21N3O3. The molecular weight excluding hydrogens is 222 g/mol. The molecule has 17 heavy (non-hydrogen) atoms. The topological polar surface area (TPSA) is 84.7 Å². The normalized spacial score (nSPS) is 19.5. The second-order valence-corrected chi connectivity index (χ2v) is 5.12. The first-order chi connectivity index (χ1) is 7.83. The lowest BCUT2D eigenvalue weighted by molar-refractivity contribution is -0.120. The molecule has 1 unspecified atom stereocenters. The molecule has 0 saturated carbocycles. The smallest absolute Gasteiger partial charge is 0.410 e. The molecule has 0 aromatic rings. The van der Waals surface area contributed by atoms with Gasteiger partial charge in [0.05, 0.1) is 12.6 Å². The van der Waals surface area contributed by atoms with Crippen LogP contribution in [-0.2, 0) is 9.53 Å². The predicted molar refractivity (Wildman–Crippen MR) is 63.4 cm³/mol. The van der Waals surface area contributed by atoms with Crippen molar-refractivity contribution in [3.05, 3.63) is 0 Å². The molecule has 1 rings (SSSR count). The van der Waals surface area contributed by atoms with Gasteiger partial charge in [-0.15, -0.1) is 0 Å². The Morgan fingerprint density at radius 1 is 1.47 bits per heavy atom. The summed E-state index contributed by atoms with van der Waals surface area (Å²) in [4.78, 5) is 24.3. The number of rotatable bonds is 3. The Labute approximate surface area is 101 Å². The van der Waals surface area contributed by atoms with Gasteiger partial charge in [0.15, 0.2) is 0 Å². The molecule has 6 heteroatoms. The summed E-state index contributed by atoms with van der Waals surface area (Å²) in [6.45, 7) is 6.58. The number of carbonyl (C=O) groups is 2. The third-order valence-corrected chi connectivity index (χ3v) is 2.49. The number of nitrogens with one attached hydrogen (secondary N) is 1. The summed E-state index contributed by atoms with van der Waals surface area (Å²) in [5.74, 6) is -0.207. The van der Waals surface area contributed by atoms with E-state index in [1.54, 1.807) is 4.90 Å². The van der Waals surface area contributed by atoms with Crippen LogP contribution in [0.1, 0.15) is 27.2 Å². The van der Waals surface area contributed by atoms with E-state index in [1.807, 2.05) is 20.8 Å². The maximum Gasteiger partial charge on any atom is 0.410 e. The van der Waals surface area contributed by atoms with E-state index >= 15 is 0 Å². The first-order valence-electron chi connectivity index (χ1n) is 5.80. The molecule has 6 nitrogen and oxygen atoms in total. The standard InChI is InChI=1S/C11H21N3O3/c1-11(2,3)17-10(16)14-5-4-8(14)7-13-9(15)6-12/h8H,4-7,12H2,1-3H3,(H,13,15). The van der Waals surface area contributed by atoms with E-state index in [-0.39, 0.29) is 24.6 Å². The Balaban J connectivity index is 2.35. The molecule has 0 aliphatic carbocycles. The fraction of sp³-hybridized carbons (Fsp3) is 0.818. The lowest BCUT2D eigenvalue weighted by Gasteiger charge is -2.41. The zero-order valence-corrected chi connectivity index (χ0v) is 10.7. The van der Waals surface area contributed by atoms with E-state index in [0.717, 1.165) is 6.42 Å². The Hall–Kier alpha value is -1.30. The van der Waals surface area contributed by atoms with Crippen molar-refractivity contribution in [2.24, 2.45) is 5.73 Å². The highest BCUT2D eigenvalue weighted by atomic mass is 16.6. The number of carbonyl (C=O) groups excluding carboxylic acids is 2. The maximum atomic E-state index is 11.7. The SMILES string of the molecule is CC(C)(C)OC(=O)N1CCC1CNC(=O)CN. The van der Waals surface area contributed by atoms with E-state index in [4.69, 9.17) is 10.5 Å². The molecule has 0 radical (unpaired) electrons. The summed E-state index contributed by atoms with van der Waals surface area (Å²) in [5.41, 5.74) is 4.69. The molecule has 0 aromatic heterocycles. The molecule has 1 aliphatic heterocycles. The van der Waals surface area contributed by atoms with Crippen molar-refractivity contribution in [2.45, 2.75) is 38.8 Å². The van der Waals surface area contributed by atoms with Gasteiger partial charge in [0.1, 0.15) is 5.60 Å². The lowest BCUT2D eigenvalue weighted by atomic mass is 10.0. The van der Waals surface area contributed by atoms with Gasteiger partial charge < -0.3 is 20.7 Å². The van der Waals surface area contributed by atoms with Crippen molar-refractivity contribution in [2.75, 3.05) is 19.6 Å². The Bertz CT molecular complexity index is 299. The van der Waals surface area contributed by atoms with Crippen molar-refractivity contribution in [1.82, 2.24) is 10.2 Å². The van der Waals surface area contributed by atoms with E-state index in [9.17, 15) is 9.59 Å². The number of ether oxygens (including phenoxy) is 1. The Morgan fingerprint density at radius 2 is 2.12 bits per heavy atom. The number of nitrogens with two attached hydrogens (primary N) is 1. The highest BCUT2D eigenvalue weighted by molar-refractivity contribution is 5.78. The molecule has 0 spiro atoms. The molecule has 1 fully saturated rings. The molecule has 1 aliphatic rings. The first-order valence-corrected chi connectivity index (χ1v) is 5.80. The van der Waals surface area contributed by atoms with Gasteiger partial charge in [-0.25, -0.2) is 4.79 Å². The monoisotopic (exact) mass is 243 g/mol. The molecule has 3 N–H and O–H groups in total. The van der Waals surface area contributed by atoms with Crippen LogP contribution in [0.3, 0.4) is 0 Å². The van der Waals surface area contributed by atoms with E-state index < -0.39 is 5.60 Å². The third-order valence-electron chi connectivity index (χ3n) is 2.49. The van der Waals surface area contributed by atoms with Gasteiger partial charge in [-0.3, -0.25) is 4.79 Å². The van der Waals surface area contributed by atoms with Gasteiger partial charge in [0, 0.05) is 13.1 Å². The zero-order chi connectivity index (χ0) is 13.1. The van der Waals surface area contributed by atoms with Gasteiger partial charge >= 0.3 is 6.09 Å². The molecule has 2 amide bonds. The minimum atomic E-state index is -0.488. The van der Waals surface area contributed by atoms with Crippen molar-refractivity contribution >= 4 is 12.0 Å². The van der Waals surface area contributed by atoms with Crippen LogP contribution in [0.4, 0.5) is 4.79 Å². The highest BCUT2D eigenvalue weighted by Crippen LogP contribution is 2.20. The average Bonchev–Trinajstić information content (AvgIpc) is 2.12. The predicted octanol–water partition coefficient (Wildman–Crippen LogP) is 0.0707. The molecule has 1 atom stereocenters. The number of nitrogens with zero attached hydrogens (tertiary/aromatic N) is 1. The van der Waals surface area contributed by atoms with Crippen LogP contribution in [-0.4, -0.2) is 48.2 Å². The Kier molecular flexibility index (Phi) is 4.34. The molecule has 0 aromatic carbocycles. The zero-order valence-electron chi connectivity index (χ0n) is 10.7. The number of amides is 2.